The molecular formula is C16H29N3O. The standard InChI is InChI=1S/C16H29N3O/c1-13-11-19(14(2)12-20-3)16(17-13)18-15-9-7-5-4-6-8-10-15/h11,14-15H,4-10,12H2,1-3H3,(H,17,18). The summed E-state index contributed by atoms with van der Waals surface area (Å²) in [6, 6.07) is 0.892. The van der Waals surface area contributed by atoms with Crippen LogP contribution in [0.25, 0.3) is 0 Å². The van der Waals surface area contributed by atoms with Crippen LogP contribution in [0.1, 0.15) is 63.6 Å². The Labute approximate surface area is 122 Å². The Kier molecular flexibility index (Phi) is 5.89. The summed E-state index contributed by atoms with van der Waals surface area (Å²) in [5.74, 6) is 1.01. The van der Waals surface area contributed by atoms with Crippen molar-refractivity contribution >= 4 is 5.95 Å². The van der Waals surface area contributed by atoms with Gasteiger partial charge in [0.15, 0.2) is 0 Å². The zero-order valence-corrected chi connectivity index (χ0v) is 13.2. The van der Waals surface area contributed by atoms with Crippen molar-refractivity contribution in [1.82, 2.24) is 9.55 Å². The Morgan fingerprint density at radius 1 is 1.30 bits per heavy atom. The van der Waals surface area contributed by atoms with E-state index in [-0.39, 0.29) is 0 Å². The first-order valence-corrected chi connectivity index (χ1v) is 8.01. The van der Waals surface area contributed by atoms with E-state index < -0.39 is 0 Å². The van der Waals surface area contributed by atoms with Crippen LogP contribution in [0.4, 0.5) is 5.95 Å². The normalized spacial score (nSPS) is 19.4. The molecule has 0 bridgehead atoms. The number of aromatic nitrogens is 2. The van der Waals surface area contributed by atoms with Crippen molar-refractivity contribution in [3.8, 4) is 0 Å². The van der Waals surface area contributed by atoms with Gasteiger partial charge in [-0.3, -0.25) is 0 Å². The van der Waals surface area contributed by atoms with Crippen molar-refractivity contribution in [1.29, 1.82) is 0 Å². The van der Waals surface area contributed by atoms with Crippen LogP contribution in [0.2, 0.25) is 0 Å². The fourth-order valence-electron chi connectivity index (χ4n) is 3.06. The van der Waals surface area contributed by atoms with E-state index in [0.29, 0.717) is 12.1 Å². The molecule has 4 nitrogen and oxygen atoms in total. The average molecular weight is 279 g/mol. The lowest BCUT2D eigenvalue weighted by molar-refractivity contribution is 0.163. The molecule has 0 radical (unpaired) electrons. The van der Waals surface area contributed by atoms with E-state index in [0.717, 1.165) is 18.2 Å². The van der Waals surface area contributed by atoms with Crippen LogP contribution in [0, 0.1) is 6.92 Å². The van der Waals surface area contributed by atoms with E-state index in [1.54, 1.807) is 7.11 Å². The Morgan fingerprint density at radius 3 is 2.60 bits per heavy atom. The van der Waals surface area contributed by atoms with Crippen LogP contribution in [0.15, 0.2) is 6.20 Å². The van der Waals surface area contributed by atoms with Crippen molar-refractivity contribution < 1.29 is 4.74 Å². The minimum absolute atomic E-state index is 0.317. The topological polar surface area (TPSA) is 39.1 Å². The van der Waals surface area contributed by atoms with E-state index in [4.69, 9.17) is 4.74 Å². The Hall–Kier alpha value is -1.03. The SMILES string of the molecule is COCC(C)n1cc(C)nc1NC1CCCCCCC1. The third-order valence-corrected chi connectivity index (χ3v) is 4.17. The minimum Gasteiger partial charge on any atom is -0.383 e. The van der Waals surface area contributed by atoms with Gasteiger partial charge in [0.25, 0.3) is 0 Å². The monoisotopic (exact) mass is 279 g/mol. The third-order valence-electron chi connectivity index (χ3n) is 4.17. The zero-order chi connectivity index (χ0) is 14.4. The highest BCUT2D eigenvalue weighted by molar-refractivity contribution is 5.31. The molecule has 1 aliphatic carbocycles. The van der Waals surface area contributed by atoms with Crippen LogP contribution in [-0.4, -0.2) is 29.3 Å². The predicted molar refractivity (Wildman–Crippen MR) is 83.3 cm³/mol. The Morgan fingerprint density at radius 2 is 1.95 bits per heavy atom. The molecule has 0 aromatic carbocycles. The highest BCUT2D eigenvalue weighted by atomic mass is 16.5. The first-order chi connectivity index (χ1) is 9.70. The molecule has 1 fully saturated rings. The summed E-state index contributed by atoms with van der Waals surface area (Å²) in [5, 5.41) is 3.67. The lowest BCUT2D eigenvalue weighted by Crippen LogP contribution is -2.24. The highest BCUT2D eigenvalue weighted by Gasteiger charge is 2.16. The van der Waals surface area contributed by atoms with Gasteiger partial charge in [0.2, 0.25) is 5.95 Å². The second-order valence-corrected chi connectivity index (χ2v) is 6.10. The van der Waals surface area contributed by atoms with Crippen molar-refractivity contribution in [2.24, 2.45) is 0 Å². The number of aryl methyl sites for hydroxylation is 1. The van der Waals surface area contributed by atoms with Crippen LogP contribution < -0.4 is 5.32 Å². The van der Waals surface area contributed by atoms with Gasteiger partial charge in [0, 0.05) is 19.3 Å². The van der Waals surface area contributed by atoms with Crippen LogP contribution in [-0.2, 0) is 4.74 Å². The van der Waals surface area contributed by atoms with Gasteiger partial charge in [0.1, 0.15) is 0 Å². The second-order valence-electron chi connectivity index (χ2n) is 6.10. The molecule has 0 saturated heterocycles. The summed E-state index contributed by atoms with van der Waals surface area (Å²) in [7, 11) is 1.75. The predicted octanol–water partition coefficient (Wildman–Crippen LogP) is 3.92. The van der Waals surface area contributed by atoms with Gasteiger partial charge in [-0.25, -0.2) is 4.98 Å². The maximum absolute atomic E-state index is 5.27. The first kappa shape index (κ1) is 15.4. The number of ether oxygens (including phenoxy) is 1. The quantitative estimate of drug-likeness (QED) is 0.887. The van der Waals surface area contributed by atoms with Crippen molar-refractivity contribution in [3.63, 3.8) is 0 Å². The number of hydrogen-bond acceptors (Lipinski definition) is 3. The molecule has 20 heavy (non-hydrogen) atoms. The summed E-state index contributed by atoms with van der Waals surface area (Å²) in [5.41, 5.74) is 1.07. The fraction of sp³-hybridized carbons (Fsp3) is 0.812. The lowest BCUT2D eigenvalue weighted by Gasteiger charge is -2.23. The van der Waals surface area contributed by atoms with E-state index in [9.17, 15) is 0 Å². The van der Waals surface area contributed by atoms with Gasteiger partial charge in [0.05, 0.1) is 18.3 Å². The molecule has 0 spiro atoms. The maximum atomic E-state index is 5.27. The van der Waals surface area contributed by atoms with Crippen molar-refractivity contribution in [2.75, 3.05) is 19.0 Å². The van der Waals surface area contributed by atoms with Crippen LogP contribution in [0.3, 0.4) is 0 Å². The van der Waals surface area contributed by atoms with Crippen LogP contribution in [0.5, 0.6) is 0 Å². The summed E-state index contributed by atoms with van der Waals surface area (Å²) in [6.45, 7) is 4.95. The van der Waals surface area contributed by atoms with Crippen LogP contribution >= 0.6 is 0 Å². The molecule has 1 aromatic heterocycles. The van der Waals surface area contributed by atoms with Gasteiger partial charge in [-0.15, -0.1) is 0 Å². The van der Waals surface area contributed by atoms with E-state index >= 15 is 0 Å². The number of methoxy groups -OCH3 is 1. The Bertz CT molecular complexity index is 394. The number of hydrogen-bond donors (Lipinski definition) is 1. The van der Waals surface area contributed by atoms with Crippen molar-refractivity contribution in [2.45, 2.75) is 70.9 Å². The molecule has 2 rings (SSSR count). The summed E-state index contributed by atoms with van der Waals surface area (Å²) < 4.78 is 7.49. The van der Waals surface area contributed by atoms with E-state index in [1.807, 2.05) is 0 Å². The minimum atomic E-state index is 0.317. The lowest BCUT2D eigenvalue weighted by atomic mass is 9.97. The number of anilines is 1. The highest BCUT2D eigenvalue weighted by Crippen LogP contribution is 2.22. The molecule has 1 aromatic rings. The smallest absolute Gasteiger partial charge is 0.203 e. The summed E-state index contributed by atoms with van der Waals surface area (Å²) in [6.07, 6.45) is 11.5. The number of nitrogens with one attached hydrogen (secondary N) is 1. The van der Waals surface area contributed by atoms with Gasteiger partial charge in [-0.2, -0.15) is 0 Å². The molecule has 0 amide bonds. The first-order valence-electron chi connectivity index (χ1n) is 8.01. The maximum Gasteiger partial charge on any atom is 0.203 e. The zero-order valence-electron chi connectivity index (χ0n) is 13.2. The van der Waals surface area contributed by atoms with Gasteiger partial charge in [-0.05, 0) is 26.7 Å². The molecule has 1 aliphatic rings. The second kappa shape index (κ2) is 7.67. The van der Waals surface area contributed by atoms with Crippen molar-refractivity contribution in [3.05, 3.63) is 11.9 Å². The third kappa shape index (κ3) is 4.23. The fourth-order valence-corrected chi connectivity index (χ4v) is 3.06. The van der Waals surface area contributed by atoms with E-state index in [1.165, 1.54) is 44.9 Å². The molecule has 1 saturated carbocycles. The van der Waals surface area contributed by atoms with Gasteiger partial charge in [-0.1, -0.05) is 32.1 Å². The average Bonchev–Trinajstić information content (AvgIpc) is 2.74. The molecular weight excluding hydrogens is 250 g/mol. The largest absolute Gasteiger partial charge is 0.383 e. The summed E-state index contributed by atoms with van der Waals surface area (Å²) in [4.78, 5) is 4.66. The molecule has 0 aliphatic heterocycles. The van der Waals surface area contributed by atoms with E-state index in [2.05, 4.69) is 34.9 Å². The molecule has 114 valence electrons. The number of nitrogens with zero attached hydrogens (tertiary/aromatic N) is 2. The summed E-state index contributed by atoms with van der Waals surface area (Å²) >= 11 is 0. The molecule has 1 unspecified atom stereocenters. The Balaban J connectivity index is 2.03. The molecule has 4 heteroatoms. The number of imidazole rings is 1. The van der Waals surface area contributed by atoms with Gasteiger partial charge >= 0.3 is 0 Å². The van der Waals surface area contributed by atoms with Gasteiger partial charge < -0.3 is 14.6 Å². The molecule has 1 N–H and O–H groups in total. The number of rotatable bonds is 5. The molecule has 1 atom stereocenters. The molecule has 1 heterocycles.